The number of amides is 4. The predicted octanol–water partition coefficient (Wildman–Crippen LogP) is 2.56. The summed E-state index contributed by atoms with van der Waals surface area (Å²) in [6.45, 7) is 2.00. The van der Waals surface area contributed by atoms with Crippen molar-refractivity contribution < 1.29 is 28.3 Å². The number of hydrogen-bond acceptors (Lipinski definition) is 6. The van der Waals surface area contributed by atoms with Gasteiger partial charge in [0.05, 0.1) is 12.2 Å². The highest BCUT2D eigenvalue weighted by atomic mass is 16.5. The zero-order chi connectivity index (χ0) is 20.4. The monoisotopic (exact) mass is 382 g/mol. The normalized spacial score (nSPS) is 14.5. The van der Waals surface area contributed by atoms with Crippen molar-refractivity contribution in [3.63, 3.8) is 0 Å². The van der Waals surface area contributed by atoms with Gasteiger partial charge in [0, 0.05) is 19.7 Å². The van der Waals surface area contributed by atoms with Gasteiger partial charge in [0.15, 0.2) is 0 Å². The second-order valence-electron chi connectivity index (χ2n) is 6.07. The molecule has 28 heavy (non-hydrogen) atoms. The Bertz CT molecular complexity index is 978. The number of furan rings is 1. The Morgan fingerprint density at radius 1 is 1.07 bits per heavy atom. The largest absolute Gasteiger partial charge is 0.462 e. The highest BCUT2D eigenvalue weighted by Gasteiger charge is 2.38. The van der Waals surface area contributed by atoms with Gasteiger partial charge in [-0.15, -0.1) is 0 Å². The van der Waals surface area contributed by atoms with E-state index in [1.54, 1.807) is 43.3 Å². The lowest BCUT2D eigenvalue weighted by Crippen LogP contribution is -2.52. The molecule has 144 valence electrons. The van der Waals surface area contributed by atoms with Gasteiger partial charge in [0.1, 0.15) is 17.1 Å². The van der Waals surface area contributed by atoms with Crippen molar-refractivity contribution in [3.8, 4) is 11.3 Å². The molecule has 1 aromatic carbocycles. The molecule has 8 nitrogen and oxygen atoms in total. The minimum Gasteiger partial charge on any atom is -0.462 e. The van der Waals surface area contributed by atoms with Gasteiger partial charge in [-0.2, -0.15) is 0 Å². The predicted molar refractivity (Wildman–Crippen MR) is 99.0 cm³/mol. The van der Waals surface area contributed by atoms with Crippen LogP contribution in [0.3, 0.4) is 0 Å². The van der Waals surface area contributed by atoms with Crippen LogP contribution in [0.25, 0.3) is 17.4 Å². The van der Waals surface area contributed by atoms with Crippen LogP contribution in [0.4, 0.5) is 4.79 Å². The number of carbonyl (C=O) groups excluding carboxylic acids is 4. The highest BCUT2D eigenvalue weighted by Crippen LogP contribution is 2.26. The SMILES string of the molecule is CCOC(=O)c1cccc(-c2ccc(C=C3C(=O)N(C)C(=O)N(C)C3=O)o2)c1. The second-order valence-corrected chi connectivity index (χ2v) is 6.07. The average molecular weight is 382 g/mol. The summed E-state index contributed by atoms with van der Waals surface area (Å²) >= 11 is 0. The summed E-state index contributed by atoms with van der Waals surface area (Å²) in [6.07, 6.45) is 1.29. The number of rotatable bonds is 4. The fourth-order valence-corrected chi connectivity index (χ4v) is 2.72. The van der Waals surface area contributed by atoms with Gasteiger partial charge in [-0.05, 0) is 37.3 Å². The number of ether oxygens (including phenoxy) is 1. The maximum atomic E-state index is 12.3. The molecule has 0 radical (unpaired) electrons. The number of carbonyl (C=O) groups is 4. The third-order valence-electron chi connectivity index (χ3n) is 4.22. The van der Waals surface area contributed by atoms with Crippen molar-refractivity contribution in [2.75, 3.05) is 20.7 Å². The number of nitrogens with zero attached hydrogens (tertiary/aromatic N) is 2. The van der Waals surface area contributed by atoms with E-state index in [0.29, 0.717) is 16.9 Å². The lowest BCUT2D eigenvalue weighted by Gasteiger charge is -2.28. The van der Waals surface area contributed by atoms with Gasteiger partial charge in [0.25, 0.3) is 11.8 Å². The fraction of sp³-hybridized carbons (Fsp3) is 0.200. The van der Waals surface area contributed by atoms with E-state index in [9.17, 15) is 19.2 Å². The number of esters is 1. The Hall–Kier alpha value is -3.68. The maximum Gasteiger partial charge on any atom is 0.338 e. The van der Waals surface area contributed by atoms with E-state index in [0.717, 1.165) is 9.80 Å². The Balaban J connectivity index is 1.91. The highest BCUT2D eigenvalue weighted by molar-refractivity contribution is 6.30. The van der Waals surface area contributed by atoms with Gasteiger partial charge in [-0.3, -0.25) is 19.4 Å². The van der Waals surface area contributed by atoms with Crippen molar-refractivity contribution in [1.82, 2.24) is 9.80 Å². The first-order chi connectivity index (χ1) is 13.3. The Labute approximate surface area is 161 Å². The second kappa shape index (κ2) is 7.51. The number of likely N-dealkylation sites (N-methyl/N-ethyl adjacent to an activating group) is 2. The zero-order valence-electron chi connectivity index (χ0n) is 15.6. The number of imide groups is 2. The van der Waals surface area contributed by atoms with Crippen LogP contribution >= 0.6 is 0 Å². The summed E-state index contributed by atoms with van der Waals surface area (Å²) in [5.74, 6) is -1.12. The molecule has 1 aromatic heterocycles. The molecule has 1 saturated heterocycles. The molecular weight excluding hydrogens is 364 g/mol. The Morgan fingerprint density at radius 3 is 2.39 bits per heavy atom. The smallest absolute Gasteiger partial charge is 0.338 e. The molecule has 0 unspecified atom stereocenters. The van der Waals surface area contributed by atoms with Crippen LogP contribution < -0.4 is 0 Å². The fourth-order valence-electron chi connectivity index (χ4n) is 2.72. The maximum absolute atomic E-state index is 12.3. The summed E-state index contributed by atoms with van der Waals surface area (Å²) in [5, 5.41) is 0. The van der Waals surface area contributed by atoms with Crippen molar-refractivity contribution >= 4 is 29.9 Å². The molecule has 4 amide bonds. The molecule has 0 saturated carbocycles. The summed E-state index contributed by atoms with van der Waals surface area (Å²) in [4.78, 5) is 49.9. The van der Waals surface area contributed by atoms with Crippen LogP contribution in [0.2, 0.25) is 0 Å². The lowest BCUT2D eigenvalue weighted by molar-refractivity contribution is -0.134. The summed E-state index contributed by atoms with van der Waals surface area (Å²) in [7, 11) is 2.60. The Morgan fingerprint density at radius 2 is 1.75 bits per heavy atom. The molecule has 3 rings (SSSR count). The van der Waals surface area contributed by atoms with E-state index in [-0.39, 0.29) is 17.9 Å². The molecule has 0 N–H and O–H groups in total. The quantitative estimate of drug-likeness (QED) is 0.458. The van der Waals surface area contributed by atoms with E-state index in [2.05, 4.69) is 0 Å². The molecule has 2 aromatic rings. The first-order valence-electron chi connectivity index (χ1n) is 8.52. The zero-order valence-corrected chi connectivity index (χ0v) is 15.6. The number of barbiturate groups is 1. The van der Waals surface area contributed by atoms with E-state index in [4.69, 9.17) is 9.15 Å². The van der Waals surface area contributed by atoms with Crippen LogP contribution in [-0.2, 0) is 14.3 Å². The Kier molecular flexibility index (Phi) is 5.12. The number of urea groups is 1. The molecular formula is C20H18N2O6. The lowest BCUT2D eigenvalue weighted by atomic mass is 10.1. The molecule has 0 aliphatic carbocycles. The van der Waals surface area contributed by atoms with Crippen molar-refractivity contribution in [3.05, 3.63) is 53.3 Å². The standard InChI is InChI=1S/C20H18N2O6/c1-4-27-19(25)13-7-5-6-12(10-13)16-9-8-14(28-16)11-15-17(23)21(2)20(26)22(3)18(15)24/h5-11H,4H2,1-3H3. The average Bonchev–Trinajstić information content (AvgIpc) is 3.17. The van der Waals surface area contributed by atoms with Gasteiger partial charge >= 0.3 is 12.0 Å². The molecule has 1 aliphatic rings. The van der Waals surface area contributed by atoms with E-state index in [1.165, 1.54) is 20.2 Å². The summed E-state index contributed by atoms with van der Waals surface area (Å²) in [6, 6.07) is 9.29. The van der Waals surface area contributed by atoms with Gasteiger partial charge in [-0.1, -0.05) is 12.1 Å². The minimum absolute atomic E-state index is 0.175. The van der Waals surface area contributed by atoms with Crippen LogP contribution in [0.1, 0.15) is 23.0 Å². The molecule has 0 bridgehead atoms. The molecule has 1 fully saturated rings. The number of hydrogen-bond donors (Lipinski definition) is 0. The summed E-state index contributed by atoms with van der Waals surface area (Å²) < 4.78 is 10.7. The van der Waals surface area contributed by atoms with Gasteiger partial charge < -0.3 is 9.15 Å². The van der Waals surface area contributed by atoms with Crippen molar-refractivity contribution in [1.29, 1.82) is 0 Å². The first-order valence-corrected chi connectivity index (χ1v) is 8.52. The van der Waals surface area contributed by atoms with E-state index < -0.39 is 23.8 Å². The molecule has 8 heteroatoms. The molecule has 0 spiro atoms. The van der Waals surface area contributed by atoms with E-state index >= 15 is 0 Å². The third-order valence-corrected chi connectivity index (χ3v) is 4.22. The van der Waals surface area contributed by atoms with Crippen molar-refractivity contribution in [2.45, 2.75) is 6.92 Å². The topological polar surface area (TPSA) is 97.1 Å². The molecule has 2 heterocycles. The number of benzene rings is 1. The van der Waals surface area contributed by atoms with Crippen LogP contribution in [0, 0.1) is 0 Å². The van der Waals surface area contributed by atoms with Crippen LogP contribution in [0.5, 0.6) is 0 Å². The third kappa shape index (κ3) is 3.44. The summed E-state index contributed by atoms with van der Waals surface area (Å²) in [5.41, 5.74) is 0.849. The first kappa shape index (κ1) is 19.1. The molecule has 1 aliphatic heterocycles. The minimum atomic E-state index is -0.699. The van der Waals surface area contributed by atoms with Gasteiger partial charge in [-0.25, -0.2) is 9.59 Å². The van der Waals surface area contributed by atoms with E-state index in [1.807, 2.05) is 0 Å². The van der Waals surface area contributed by atoms with Crippen LogP contribution in [0.15, 0.2) is 46.4 Å². The van der Waals surface area contributed by atoms with Crippen LogP contribution in [-0.4, -0.2) is 54.3 Å². The van der Waals surface area contributed by atoms with Crippen molar-refractivity contribution in [2.24, 2.45) is 0 Å². The molecule has 0 atom stereocenters. The van der Waals surface area contributed by atoms with Gasteiger partial charge in [0.2, 0.25) is 0 Å².